The number of aliphatic imine (C=N–C) groups is 1. The molecule has 0 bridgehead atoms. The maximum atomic E-state index is 13.3. The minimum Gasteiger partial charge on any atom is -0.468 e. The summed E-state index contributed by atoms with van der Waals surface area (Å²) in [5, 5.41) is 11.4. The standard InChI is InChI=1S/C27H25N3O8/c1-15-21(26(33)37-3)23(17-8-6-9-18(14-17)30(35)36)22(16(2)28-15)27(34)38-13-7-12-29-24(31)19-10-4-5-11-20(19)25(29)32/h4-6,8-11,14,21,23H,7,12-13H2,1-3H3. The summed E-state index contributed by atoms with van der Waals surface area (Å²) in [7, 11) is 1.21. The Hall–Kier alpha value is -4.67. The third-order valence-corrected chi connectivity index (χ3v) is 6.58. The Balaban J connectivity index is 1.53. The minimum absolute atomic E-state index is 0.0496. The van der Waals surface area contributed by atoms with Crippen LogP contribution in [-0.2, 0) is 19.1 Å². The SMILES string of the molecule is COC(=O)C1C(C)=NC(C)=C(C(=O)OCCCN2C(=O)c3ccccc3C2=O)C1c1cccc([N+](=O)[O-])c1. The van der Waals surface area contributed by atoms with Crippen molar-refractivity contribution in [1.29, 1.82) is 0 Å². The maximum Gasteiger partial charge on any atom is 0.336 e. The fraction of sp³-hybridized carbons (Fsp3) is 0.296. The molecular formula is C27H25N3O8. The van der Waals surface area contributed by atoms with Gasteiger partial charge in [0.15, 0.2) is 0 Å². The van der Waals surface area contributed by atoms with E-state index in [1.54, 1.807) is 44.2 Å². The fourth-order valence-corrected chi connectivity index (χ4v) is 4.83. The zero-order valence-electron chi connectivity index (χ0n) is 21.0. The topological polar surface area (TPSA) is 145 Å². The molecule has 2 atom stereocenters. The molecule has 2 aromatic rings. The number of ether oxygens (including phenoxy) is 2. The van der Waals surface area contributed by atoms with Crippen molar-refractivity contribution in [3.05, 3.63) is 86.6 Å². The predicted octanol–water partition coefficient (Wildman–Crippen LogP) is 3.45. The first-order valence-electron chi connectivity index (χ1n) is 11.9. The summed E-state index contributed by atoms with van der Waals surface area (Å²) < 4.78 is 10.4. The predicted molar refractivity (Wildman–Crippen MR) is 135 cm³/mol. The molecule has 2 heterocycles. The smallest absolute Gasteiger partial charge is 0.336 e. The third kappa shape index (κ3) is 4.82. The second-order valence-electron chi connectivity index (χ2n) is 8.88. The van der Waals surface area contributed by atoms with E-state index in [1.165, 1.54) is 25.3 Å². The highest BCUT2D eigenvalue weighted by Crippen LogP contribution is 2.41. The van der Waals surface area contributed by atoms with Crippen LogP contribution in [0.1, 0.15) is 52.5 Å². The Bertz CT molecular complexity index is 1380. The number of carbonyl (C=O) groups excluding carboxylic acids is 4. The Morgan fingerprint density at radius 1 is 1.05 bits per heavy atom. The summed E-state index contributed by atoms with van der Waals surface area (Å²) in [4.78, 5) is 67.4. The second-order valence-corrected chi connectivity index (χ2v) is 8.88. The number of amides is 2. The van der Waals surface area contributed by atoms with Crippen LogP contribution in [0.15, 0.2) is 64.8 Å². The normalized spacial score (nSPS) is 18.7. The van der Waals surface area contributed by atoms with Crippen molar-refractivity contribution < 1.29 is 33.6 Å². The second kappa shape index (κ2) is 10.8. The van der Waals surface area contributed by atoms with Gasteiger partial charge in [0.05, 0.1) is 35.3 Å². The van der Waals surface area contributed by atoms with Crippen LogP contribution in [0.4, 0.5) is 5.69 Å². The number of nitro benzene ring substituents is 1. The fourth-order valence-electron chi connectivity index (χ4n) is 4.83. The lowest BCUT2D eigenvalue weighted by Crippen LogP contribution is -2.36. The molecule has 0 aromatic heterocycles. The molecule has 11 heteroatoms. The van der Waals surface area contributed by atoms with E-state index in [2.05, 4.69) is 4.99 Å². The molecule has 2 aromatic carbocycles. The molecule has 2 unspecified atom stereocenters. The summed E-state index contributed by atoms with van der Waals surface area (Å²) in [5.74, 6) is -4.13. The van der Waals surface area contributed by atoms with Gasteiger partial charge in [0.2, 0.25) is 0 Å². The van der Waals surface area contributed by atoms with Crippen LogP contribution in [0.25, 0.3) is 0 Å². The van der Waals surface area contributed by atoms with E-state index in [0.717, 1.165) is 4.90 Å². The maximum absolute atomic E-state index is 13.3. The highest BCUT2D eigenvalue weighted by Gasteiger charge is 2.42. The number of hydrogen-bond acceptors (Lipinski definition) is 9. The quantitative estimate of drug-likeness (QED) is 0.169. The third-order valence-electron chi connectivity index (χ3n) is 6.58. The summed E-state index contributed by atoms with van der Waals surface area (Å²) in [6.07, 6.45) is 0.188. The molecule has 11 nitrogen and oxygen atoms in total. The first-order valence-corrected chi connectivity index (χ1v) is 11.9. The Kier molecular flexibility index (Phi) is 7.47. The number of non-ortho nitro benzene ring substituents is 1. The molecule has 0 radical (unpaired) electrons. The number of methoxy groups -OCH3 is 1. The van der Waals surface area contributed by atoms with E-state index in [4.69, 9.17) is 9.47 Å². The van der Waals surface area contributed by atoms with Crippen LogP contribution in [-0.4, -0.2) is 59.5 Å². The number of carbonyl (C=O) groups is 4. The molecule has 38 heavy (non-hydrogen) atoms. The van der Waals surface area contributed by atoms with E-state index in [-0.39, 0.29) is 30.8 Å². The lowest BCUT2D eigenvalue weighted by atomic mass is 9.75. The molecule has 4 rings (SSSR count). The highest BCUT2D eigenvalue weighted by molar-refractivity contribution is 6.21. The van der Waals surface area contributed by atoms with Crippen molar-refractivity contribution in [2.75, 3.05) is 20.3 Å². The summed E-state index contributed by atoms with van der Waals surface area (Å²) in [6, 6.07) is 12.2. The number of fused-ring (bicyclic) bond motifs is 1. The lowest BCUT2D eigenvalue weighted by Gasteiger charge is -2.31. The van der Waals surface area contributed by atoms with Gasteiger partial charge < -0.3 is 9.47 Å². The van der Waals surface area contributed by atoms with Gasteiger partial charge >= 0.3 is 11.9 Å². The molecular weight excluding hydrogens is 494 g/mol. The van der Waals surface area contributed by atoms with Gasteiger partial charge in [-0.05, 0) is 38.0 Å². The number of allylic oxidation sites excluding steroid dienone is 1. The zero-order chi connectivity index (χ0) is 27.6. The summed E-state index contributed by atoms with van der Waals surface area (Å²) in [6.45, 7) is 3.15. The van der Waals surface area contributed by atoms with Gasteiger partial charge in [-0.25, -0.2) is 4.79 Å². The molecule has 196 valence electrons. The lowest BCUT2D eigenvalue weighted by molar-refractivity contribution is -0.384. The van der Waals surface area contributed by atoms with Crippen LogP contribution in [0.2, 0.25) is 0 Å². The Morgan fingerprint density at radius 3 is 2.32 bits per heavy atom. The van der Waals surface area contributed by atoms with E-state index in [1.807, 2.05) is 0 Å². The van der Waals surface area contributed by atoms with E-state index >= 15 is 0 Å². The van der Waals surface area contributed by atoms with E-state index < -0.39 is 40.5 Å². The van der Waals surface area contributed by atoms with E-state index in [9.17, 15) is 29.3 Å². The number of benzene rings is 2. The van der Waals surface area contributed by atoms with E-state index in [0.29, 0.717) is 28.1 Å². The van der Waals surface area contributed by atoms with Gasteiger partial charge in [-0.1, -0.05) is 24.3 Å². The van der Waals surface area contributed by atoms with Gasteiger partial charge in [0.1, 0.15) is 5.92 Å². The molecule has 0 saturated carbocycles. The minimum atomic E-state index is -0.994. The van der Waals surface area contributed by atoms with Crippen LogP contribution in [0.3, 0.4) is 0 Å². The average molecular weight is 520 g/mol. The monoisotopic (exact) mass is 519 g/mol. The van der Waals surface area contributed by atoms with Crippen molar-refractivity contribution in [1.82, 2.24) is 4.90 Å². The number of nitrogens with zero attached hydrogens (tertiary/aromatic N) is 3. The Labute approximate surface area is 217 Å². The summed E-state index contributed by atoms with van der Waals surface area (Å²) in [5.41, 5.74) is 1.61. The van der Waals surface area contributed by atoms with Crippen molar-refractivity contribution >= 4 is 35.2 Å². The number of esters is 2. The molecule has 0 aliphatic carbocycles. The van der Waals surface area contributed by atoms with Crippen LogP contribution >= 0.6 is 0 Å². The molecule has 2 aliphatic rings. The summed E-state index contributed by atoms with van der Waals surface area (Å²) >= 11 is 0. The molecule has 0 N–H and O–H groups in total. The van der Waals surface area contributed by atoms with Gasteiger partial charge in [0.25, 0.3) is 17.5 Å². The number of hydrogen-bond donors (Lipinski definition) is 0. The molecule has 0 fully saturated rings. The van der Waals surface area contributed by atoms with Gasteiger partial charge in [0, 0.05) is 36.0 Å². The highest BCUT2D eigenvalue weighted by atomic mass is 16.6. The zero-order valence-corrected chi connectivity index (χ0v) is 21.0. The largest absolute Gasteiger partial charge is 0.468 e. The molecule has 2 amide bonds. The van der Waals surface area contributed by atoms with Gasteiger partial charge in [-0.3, -0.25) is 34.4 Å². The van der Waals surface area contributed by atoms with Gasteiger partial charge in [-0.2, -0.15) is 0 Å². The number of rotatable bonds is 8. The number of imide groups is 1. The van der Waals surface area contributed by atoms with Crippen molar-refractivity contribution in [2.45, 2.75) is 26.2 Å². The molecule has 2 aliphatic heterocycles. The van der Waals surface area contributed by atoms with Crippen LogP contribution in [0.5, 0.6) is 0 Å². The molecule has 0 saturated heterocycles. The van der Waals surface area contributed by atoms with Crippen molar-refractivity contribution in [2.24, 2.45) is 10.9 Å². The molecule has 0 spiro atoms. The van der Waals surface area contributed by atoms with Gasteiger partial charge in [-0.15, -0.1) is 0 Å². The Morgan fingerprint density at radius 2 is 1.71 bits per heavy atom. The van der Waals surface area contributed by atoms with Crippen molar-refractivity contribution in [3.8, 4) is 0 Å². The average Bonchev–Trinajstić information content (AvgIpc) is 3.15. The van der Waals surface area contributed by atoms with Crippen LogP contribution in [0, 0.1) is 16.0 Å². The van der Waals surface area contributed by atoms with Crippen LogP contribution < -0.4 is 0 Å². The first kappa shape index (κ1) is 26.4. The van der Waals surface area contributed by atoms with Crippen molar-refractivity contribution in [3.63, 3.8) is 0 Å². The first-order chi connectivity index (χ1) is 18.1. The number of nitro groups is 1.